The van der Waals surface area contributed by atoms with E-state index >= 15 is 0 Å². The minimum absolute atomic E-state index is 0.0454. The van der Waals surface area contributed by atoms with Gasteiger partial charge in [0, 0.05) is 88.0 Å². The van der Waals surface area contributed by atoms with E-state index in [1.165, 1.54) is 0 Å². The highest BCUT2D eigenvalue weighted by atomic mass is 16.6. The van der Waals surface area contributed by atoms with Crippen LogP contribution in [0.15, 0.2) is 61.7 Å². The van der Waals surface area contributed by atoms with Crippen LogP contribution in [-0.2, 0) is 28.6 Å². The third-order valence-corrected chi connectivity index (χ3v) is 20.0. The number of allylic oxidation sites excluding steroid dienone is 10. The quantitative estimate of drug-likeness (QED) is 0.0234. The molecule has 1 unspecified atom stereocenters. The number of nitrogens with one attached hydrogen (secondary N) is 6. The molecule has 5 atom stereocenters. The zero-order valence-electron chi connectivity index (χ0n) is 55.1. The fourth-order valence-electron chi connectivity index (χ4n) is 14.6. The lowest BCUT2D eigenvalue weighted by Gasteiger charge is -2.21. The second-order valence-corrected chi connectivity index (χ2v) is 25.3. The van der Waals surface area contributed by atoms with Crippen LogP contribution in [0.5, 0.6) is 0 Å². The standard InChI is InChI=1S/C74H78N10O10/c1-14-41-33(6)48-27-52-37(10)45(66(81-52)64-68-62(71(88)93-73(64)90)39(12)54(83-68)31-58-43(16-3)35(8)50(78-58)29-56(41)76-48)22-24-60(85)75-26-20-19-21-47(70(87)92-18-5)80-61(86)25-23-46-38(11)53-28-49-34(7)42(15-2)57(77-49)30-51-36(9)44(17-4)59(79-51)32-55-40(13)63-69(84-55)65(67(46)82-53)74(91)94-72(63)89/h14-15,27-32,37-38,45-47,81-84H,1-2,16-26H2,3-13H3,(H,75,85)(H,80,86)/t37-,38-,45-,46-,47?/m0/s1. The number of esters is 5. The van der Waals surface area contributed by atoms with E-state index in [0.717, 1.165) is 84.4 Å². The molecule has 20 heteroatoms. The number of unbranched alkanes of at least 4 members (excludes halogenated alkanes) is 1. The molecule has 0 spiro atoms. The van der Waals surface area contributed by atoms with Gasteiger partial charge in [-0.05, 0) is 174 Å². The van der Waals surface area contributed by atoms with Crippen LogP contribution >= 0.6 is 0 Å². The Morgan fingerprint density at radius 2 is 0.979 bits per heavy atom. The van der Waals surface area contributed by atoms with Gasteiger partial charge in [-0.3, -0.25) is 9.59 Å². The molecule has 12 rings (SSSR count). The van der Waals surface area contributed by atoms with Gasteiger partial charge in [-0.2, -0.15) is 0 Å². The van der Waals surface area contributed by atoms with Crippen molar-refractivity contribution in [1.82, 2.24) is 50.5 Å². The summed E-state index contributed by atoms with van der Waals surface area (Å²) in [7, 11) is 0. The van der Waals surface area contributed by atoms with E-state index in [2.05, 4.69) is 57.6 Å². The lowest BCUT2D eigenvalue weighted by Crippen LogP contribution is -2.42. The van der Waals surface area contributed by atoms with Crippen molar-refractivity contribution in [3.05, 3.63) is 163 Å². The molecule has 0 fully saturated rings. The summed E-state index contributed by atoms with van der Waals surface area (Å²) >= 11 is 0. The number of nitrogens with zero attached hydrogens (tertiary/aromatic N) is 4. The number of hydrogen-bond acceptors (Lipinski definition) is 14. The molecule has 94 heavy (non-hydrogen) atoms. The topological polar surface area (TPSA) is 286 Å². The van der Waals surface area contributed by atoms with Gasteiger partial charge < -0.3 is 44.8 Å². The highest BCUT2D eigenvalue weighted by molar-refractivity contribution is 6.19. The van der Waals surface area contributed by atoms with E-state index in [9.17, 15) is 33.6 Å². The van der Waals surface area contributed by atoms with Gasteiger partial charge in [0.05, 0.1) is 74.3 Å². The van der Waals surface area contributed by atoms with Crippen LogP contribution in [0.4, 0.5) is 0 Å². The van der Waals surface area contributed by atoms with Crippen LogP contribution in [0.1, 0.15) is 265 Å². The van der Waals surface area contributed by atoms with Crippen molar-refractivity contribution in [3.63, 3.8) is 0 Å². The smallest absolute Gasteiger partial charge is 0.349 e. The third kappa shape index (κ3) is 11.2. The van der Waals surface area contributed by atoms with Gasteiger partial charge in [-0.1, -0.05) is 53.0 Å². The first-order valence-corrected chi connectivity index (χ1v) is 32.6. The van der Waals surface area contributed by atoms with Crippen LogP contribution in [0.3, 0.4) is 0 Å². The van der Waals surface area contributed by atoms with E-state index < -0.39 is 53.6 Å². The maximum atomic E-state index is 14.2. The van der Waals surface area contributed by atoms with Crippen molar-refractivity contribution in [2.75, 3.05) is 13.2 Å². The number of amides is 2. The van der Waals surface area contributed by atoms with Crippen molar-refractivity contribution in [2.24, 2.45) is 0 Å². The molecule has 0 radical (unpaired) electrons. The molecule has 0 saturated carbocycles. The number of aromatic nitrogens is 8. The molecule has 0 saturated heterocycles. The van der Waals surface area contributed by atoms with Gasteiger partial charge in [-0.15, -0.1) is 0 Å². The third-order valence-electron chi connectivity index (χ3n) is 20.0. The summed E-state index contributed by atoms with van der Waals surface area (Å²) in [6.07, 6.45) is 6.72. The molecule has 20 nitrogen and oxygen atoms in total. The molecule has 6 N–H and O–H groups in total. The Hall–Kier alpha value is -10.1. The van der Waals surface area contributed by atoms with Crippen molar-refractivity contribution < 1.29 is 47.8 Å². The highest BCUT2D eigenvalue weighted by Gasteiger charge is 2.41. The lowest BCUT2D eigenvalue weighted by atomic mass is 9.85. The van der Waals surface area contributed by atoms with Gasteiger partial charge in [0.25, 0.3) is 0 Å². The van der Waals surface area contributed by atoms with Crippen molar-refractivity contribution in [1.29, 1.82) is 0 Å². The number of aryl methyl sites for hydroxylation is 2. The zero-order valence-corrected chi connectivity index (χ0v) is 55.1. The number of ether oxygens (including phenoxy) is 3. The average molecular weight is 1270 g/mol. The second kappa shape index (κ2) is 25.4. The predicted molar refractivity (Wildman–Crippen MR) is 361 cm³/mol. The first kappa shape index (κ1) is 64.0. The monoisotopic (exact) mass is 1270 g/mol. The predicted octanol–water partition coefficient (Wildman–Crippen LogP) is 13.9. The molecule has 2 amide bonds. The molecule has 0 aliphatic carbocycles. The van der Waals surface area contributed by atoms with E-state index in [4.69, 9.17) is 34.1 Å². The van der Waals surface area contributed by atoms with E-state index in [1.807, 2.05) is 84.9 Å². The van der Waals surface area contributed by atoms with Gasteiger partial charge >= 0.3 is 29.8 Å². The molecule has 16 bridgehead atoms. The summed E-state index contributed by atoms with van der Waals surface area (Å²) in [6, 6.07) is 10.7. The van der Waals surface area contributed by atoms with Gasteiger partial charge in [0.15, 0.2) is 0 Å². The fraction of sp³-hybridized carbons (Fsp3) is 0.365. The summed E-state index contributed by atoms with van der Waals surface area (Å²) in [5, 5.41) is 5.97. The summed E-state index contributed by atoms with van der Waals surface area (Å²) in [5.74, 6) is -5.79. The van der Waals surface area contributed by atoms with Crippen molar-refractivity contribution in [3.8, 4) is 0 Å². The first-order chi connectivity index (χ1) is 45.1. The molecular weight excluding hydrogens is 1190 g/mol. The molecule has 0 aromatic carbocycles. The Balaban J connectivity index is 0.759. The Labute approximate surface area is 544 Å². The van der Waals surface area contributed by atoms with Crippen molar-refractivity contribution >= 4 is 108 Å². The number of cyclic esters (lactones) is 4. The Morgan fingerprint density at radius 3 is 1.41 bits per heavy atom. The summed E-state index contributed by atoms with van der Waals surface area (Å²) in [4.78, 5) is 131. The number of fused-ring (bicyclic) bond motifs is 16. The van der Waals surface area contributed by atoms with Crippen LogP contribution in [0.2, 0.25) is 0 Å². The minimum atomic E-state index is -0.992. The number of H-pyrrole nitrogens is 4. The largest absolute Gasteiger partial charge is 0.464 e. The zero-order chi connectivity index (χ0) is 66.9. The Kier molecular flexibility index (Phi) is 17.3. The van der Waals surface area contributed by atoms with Crippen LogP contribution < -0.4 is 10.6 Å². The number of hydrogen-bond donors (Lipinski definition) is 6. The Morgan fingerprint density at radius 1 is 0.553 bits per heavy atom. The van der Waals surface area contributed by atoms with E-state index in [0.29, 0.717) is 93.8 Å². The number of carbonyl (C=O) groups is 7. The van der Waals surface area contributed by atoms with Crippen LogP contribution in [0, 0.1) is 13.8 Å². The SMILES string of the molecule is C=CC1=C(C)c2cc3[nH]c(c4c5[nH]c(cc6nc(cc1n2)C(C)=C6CC)c(C)c5C(=O)OC4=O)[C@@H](CCC(=O)NCCCCC(NC(=O)CC[C@@H]1c2[nH]c(cc4nc(cc5nc(cc6[nH]c7c2C(=O)OC(=O)c7c6C)C(CC)=C5C)C(C=C)=C4C)[C@H]1C)C(=O)OCC)[C@@H]3C. The molecule has 4 aromatic rings. The fourth-order valence-corrected chi connectivity index (χ4v) is 14.6. The van der Waals surface area contributed by atoms with Crippen molar-refractivity contribution in [2.45, 2.75) is 164 Å². The van der Waals surface area contributed by atoms with Gasteiger partial charge in [0.2, 0.25) is 11.8 Å². The van der Waals surface area contributed by atoms with E-state index in [1.54, 1.807) is 26.0 Å². The molecule has 4 aromatic heterocycles. The van der Waals surface area contributed by atoms with Gasteiger partial charge in [0.1, 0.15) is 17.2 Å². The summed E-state index contributed by atoms with van der Waals surface area (Å²) < 4.78 is 16.4. The summed E-state index contributed by atoms with van der Waals surface area (Å²) in [5.41, 5.74) is 19.9. The number of carbonyl (C=O) groups excluding carboxylic acids is 7. The normalized spacial score (nSPS) is 18.5. The first-order valence-electron chi connectivity index (χ1n) is 32.6. The minimum Gasteiger partial charge on any atom is -0.464 e. The molecule has 12 heterocycles. The Bertz CT molecular complexity index is 4650. The summed E-state index contributed by atoms with van der Waals surface area (Å²) in [6.45, 7) is 30.1. The van der Waals surface area contributed by atoms with E-state index in [-0.39, 0.29) is 78.8 Å². The maximum Gasteiger partial charge on any atom is 0.349 e. The lowest BCUT2D eigenvalue weighted by molar-refractivity contribution is -0.147. The molecule has 8 aliphatic heterocycles. The second-order valence-electron chi connectivity index (χ2n) is 25.3. The molecule has 484 valence electrons. The average Bonchev–Trinajstić information content (AvgIpc) is 1.58. The van der Waals surface area contributed by atoms with Crippen LogP contribution in [-0.4, -0.2) is 101 Å². The number of rotatable bonds is 18. The molecular formula is C74H78N10O10. The number of aromatic amines is 4. The maximum absolute atomic E-state index is 14.2. The highest BCUT2D eigenvalue weighted by Crippen LogP contribution is 2.47. The van der Waals surface area contributed by atoms with Gasteiger partial charge in [-0.25, -0.2) is 43.9 Å². The van der Waals surface area contributed by atoms with Crippen LogP contribution in [0.25, 0.3) is 66.7 Å². The molecule has 8 aliphatic rings.